The van der Waals surface area contributed by atoms with Gasteiger partial charge in [-0.15, -0.1) is 11.3 Å². The molecule has 3 heterocycles. The molecule has 124 valence electrons. The van der Waals surface area contributed by atoms with E-state index in [1.54, 1.807) is 5.38 Å². The van der Waals surface area contributed by atoms with Crippen molar-refractivity contribution >= 4 is 17.3 Å². The number of aromatic nitrogens is 2. The molecule has 2 aromatic rings. The molecule has 1 aliphatic heterocycles. The van der Waals surface area contributed by atoms with Gasteiger partial charge in [-0.3, -0.25) is 4.90 Å². The number of carbonyl (C=O) groups is 1. The molecule has 1 atom stereocenters. The molecule has 0 saturated carbocycles. The van der Waals surface area contributed by atoms with Crippen molar-refractivity contribution in [2.75, 3.05) is 13.1 Å². The number of rotatable bonds is 5. The van der Waals surface area contributed by atoms with Gasteiger partial charge in [-0.2, -0.15) is 0 Å². The molecule has 1 unspecified atom stereocenters. The molecule has 1 fully saturated rings. The molecular formula is C16H21N3O3S. The number of likely N-dealkylation sites (tertiary alicyclic amines) is 1. The van der Waals surface area contributed by atoms with E-state index in [0.717, 1.165) is 48.9 Å². The number of aromatic carboxylic acids is 1. The first-order chi connectivity index (χ1) is 11.0. The molecule has 1 aliphatic rings. The van der Waals surface area contributed by atoms with Crippen molar-refractivity contribution in [3.05, 3.63) is 33.6 Å². The number of nitrogens with zero attached hydrogens (tertiary/aromatic N) is 3. The highest BCUT2D eigenvalue weighted by atomic mass is 32.1. The Balaban J connectivity index is 1.64. The van der Waals surface area contributed by atoms with Crippen LogP contribution in [0, 0.1) is 0 Å². The smallest absolute Gasteiger partial charge is 0.355 e. The Labute approximate surface area is 139 Å². The highest BCUT2D eigenvalue weighted by molar-refractivity contribution is 7.09. The molecular weight excluding hydrogens is 314 g/mol. The number of hydrogen-bond donors (Lipinski definition) is 1. The summed E-state index contributed by atoms with van der Waals surface area (Å²) in [5, 5.41) is 15.7. The summed E-state index contributed by atoms with van der Waals surface area (Å²) in [6.45, 7) is 6.85. The number of carboxylic acids is 1. The predicted octanol–water partition coefficient (Wildman–Crippen LogP) is 3.33. The molecule has 23 heavy (non-hydrogen) atoms. The Morgan fingerprint density at radius 1 is 1.57 bits per heavy atom. The summed E-state index contributed by atoms with van der Waals surface area (Å²) in [6.07, 6.45) is 2.14. The van der Waals surface area contributed by atoms with Crippen molar-refractivity contribution in [1.29, 1.82) is 0 Å². The molecule has 0 aliphatic carbocycles. The number of piperidine rings is 1. The van der Waals surface area contributed by atoms with E-state index in [9.17, 15) is 4.79 Å². The van der Waals surface area contributed by atoms with Gasteiger partial charge in [0.25, 0.3) is 0 Å². The second-order valence-corrected chi connectivity index (χ2v) is 7.22. The highest BCUT2D eigenvalue weighted by Crippen LogP contribution is 2.30. The molecule has 7 heteroatoms. The van der Waals surface area contributed by atoms with E-state index >= 15 is 0 Å². The molecule has 0 amide bonds. The average molecular weight is 335 g/mol. The minimum absolute atomic E-state index is 0.153. The lowest BCUT2D eigenvalue weighted by molar-refractivity contribution is 0.0691. The molecule has 1 saturated heterocycles. The van der Waals surface area contributed by atoms with Crippen molar-refractivity contribution in [2.45, 2.75) is 45.1 Å². The minimum atomic E-state index is -0.955. The van der Waals surface area contributed by atoms with Crippen LogP contribution in [-0.4, -0.2) is 39.2 Å². The lowest BCUT2D eigenvalue weighted by atomic mass is 9.98. The molecule has 3 rings (SSSR count). The van der Waals surface area contributed by atoms with Crippen LogP contribution in [0.1, 0.15) is 65.5 Å². The van der Waals surface area contributed by atoms with Gasteiger partial charge in [0.2, 0.25) is 0 Å². The summed E-state index contributed by atoms with van der Waals surface area (Å²) < 4.78 is 5.36. The van der Waals surface area contributed by atoms with Crippen LogP contribution >= 0.6 is 11.3 Å². The van der Waals surface area contributed by atoms with Gasteiger partial charge in [0.05, 0.1) is 10.7 Å². The van der Waals surface area contributed by atoms with Crippen LogP contribution in [0.5, 0.6) is 0 Å². The maximum atomic E-state index is 11.0. The zero-order valence-electron chi connectivity index (χ0n) is 13.4. The van der Waals surface area contributed by atoms with Crippen LogP contribution in [0.2, 0.25) is 0 Å². The van der Waals surface area contributed by atoms with Gasteiger partial charge in [0.15, 0.2) is 5.69 Å². The highest BCUT2D eigenvalue weighted by Gasteiger charge is 2.25. The van der Waals surface area contributed by atoms with E-state index in [1.165, 1.54) is 11.3 Å². The van der Waals surface area contributed by atoms with E-state index in [1.807, 2.05) is 6.07 Å². The quantitative estimate of drug-likeness (QED) is 0.903. The molecule has 6 nitrogen and oxygen atoms in total. The first-order valence-corrected chi connectivity index (χ1v) is 8.77. The first kappa shape index (κ1) is 16.1. The number of hydrogen-bond acceptors (Lipinski definition) is 6. The van der Waals surface area contributed by atoms with Gasteiger partial charge in [-0.1, -0.05) is 19.0 Å². The van der Waals surface area contributed by atoms with E-state index in [-0.39, 0.29) is 5.69 Å². The van der Waals surface area contributed by atoms with Gasteiger partial charge in [0.1, 0.15) is 5.76 Å². The second kappa shape index (κ2) is 6.80. The zero-order chi connectivity index (χ0) is 16.4. The average Bonchev–Trinajstić information content (AvgIpc) is 3.16. The van der Waals surface area contributed by atoms with E-state index in [0.29, 0.717) is 11.8 Å². The van der Waals surface area contributed by atoms with Crippen LogP contribution in [0.3, 0.4) is 0 Å². The van der Waals surface area contributed by atoms with Crippen LogP contribution in [-0.2, 0) is 6.54 Å². The van der Waals surface area contributed by atoms with Gasteiger partial charge in [0, 0.05) is 36.4 Å². The fourth-order valence-corrected chi connectivity index (χ4v) is 3.80. The van der Waals surface area contributed by atoms with E-state index in [2.05, 4.69) is 28.9 Å². The topological polar surface area (TPSA) is 79.5 Å². The SMILES string of the molecule is CC(C)c1cc(CN2CCCC(c3nc(C(=O)O)cs3)C2)no1. The monoisotopic (exact) mass is 335 g/mol. The number of carboxylic acid groups (broad SMARTS) is 1. The maximum absolute atomic E-state index is 11.0. The van der Waals surface area contributed by atoms with Gasteiger partial charge < -0.3 is 9.63 Å². The third kappa shape index (κ3) is 3.79. The van der Waals surface area contributed by atoms with Gasteiger partial charge in [-0.25, -0.2) is 9.78 Å². The predicted molar refractivity (Wildman–Crippen MR) is 86.9 cm³/mol. The third-order valence-corrected chi connectivity index (χ3v) is 5.13. The second-order valence-electron chi connectivity index (χ2n) is 6.33. The van der Waals surface area contributed by atoms with Crippen LogP contribution in [0.25, 0.3) is 0 Å². The molecule has 1 N–H and O–H groups in total. The lowest BCUT2D eigenvalue weighted by Crippen LogP contribution is -2.34. The maximum Gasteiger partial charge on any atom is 0.355 e. The summed E-state index contributed by atoms with van der Waals surface area (Å²) >= 11 is 1.45. The molecule has 0 radical (unpaired) electrons. The summed E-state index contributed by atoms with van der Waals surface area (Å²) in [5.74, 6) is 0.608. The Morgan fingerprint density at radius 3 is 3.04 bits per heavy atom. The standard InChI is InChI=1S/C16H21N3O3S/c1-10(2)14-6-12(18-22-14)8-19-5-3-4-11(7-19)15-17-13(9-23-15)16(20)21/h6,9-11H,3-5,7-8H2,1-2H3,(H,20,21). The molecule has 0 aromatic carbocycles. The van der Waals surface area contributed by atoms with Gasteiger partial charge in [-0.05, 0) is 19.4 Å². The summed E-state index contributed by atoms with van der Waals surface area (Å²) in [7, 11) is 0. The van der Waals surface area contributed by atoms with Gasteiger partial charge >= 0.3 is 5.97 Å². The Morgan fingerprint density at radius 2 is 2.39 bits per heavy atom. The zero-order valence-corrected chi connectivity index (χ0v) is 14.2. The Hall–Kier alpha value is -1.73. The van der Waals surface area contributed by atoms with Crippen LogP contribution in [0.4, 0.5) is 0 Å². The minimum Gasteiger partial charge on any atom is -0.476 e. The first-order valence-electron chi connectivity index (χ1n) is 7.89. The van der Waals surface area contributed by atoms with Crippen molar-refractivity contribution in [3.63, 3.8) is 0 Å². The van der Waals surface area contributed by atoms with Crippen molar-refractivity contribution in [3.8, 4) is 0 Å². The number of thiazole rings is 1. The summed E-state index contributed by atoms with van der Waals surface area (Å²) in [5.41, 5.74) is 1.11. The Kier molecular flexibility index (Phi) is 4.77. The normalized spacial score (nSPS) is 19.3. The Bertz CT molecular complexity index is 680. The van der Waals surface area contributed by atoms with Crippen LogP contribution in [0.15, 0.2) is 16.0 Å². The van der Waals surface area contributed by atoms with Crippen LogP contribution < -0.4 is 0 Å². The van der Waals surface area contributed by atoms with Crippen molar-refractivity contribution in [1.82, 2.24) is 15.0 Å². The van der Waals surface area contributed by atoms with E-state index in [4.69, 9.17) is 9.63 Å². The molecule has 0 bridgehead atoms. The molecule has 0 spiro atoms. The summed E-state index contributed by atoms with van der Waals surface area (Å²) in [6, 6.07) is 2.03. The fraction of sp³-hybridized carbons (Fsp3) is 0.562. The van der Waals surface area contributed by atoms with E-state index < -0.39 is 5.97 Å². The molecule has 2 aromatic heterocycles. The third-order valence-electron chi connectivity index (χ3n) is 4.13. The van der Waals surface area contributed by atoms with Crippen molar-refractivity contribution < 1.29 is 14.4 Å². The fourth-order valence-electron chi connectivity index (χ4n) is 2.88. The van der Waals surface area contributed by atoms with Crippen molar-refractivity contribution in [2.24, 2.45) is 0 Å². The largest absolute Gasteiger partial charge is 0.476 e. The lowest BCUT2D eigenvalue weighted by Gasteiger charge is -2.31. The summed E-state index contributed by atoms with van der Waals surface area (Å²) in [4.78, 5) is 17.6.